The Bertz CT molecular complexity index is 3410. The van der Waals surface area contributed by atoms with E-state index in [9.17, 15) is 14.4 Å². The molecule has 0 aliphatic rings. The first-order valence-corrected chi connectivity index (χ1v) is 31.6. The molecular weight excluding hydrogens is 1150 g/mol. The Balaban J connectivity index is 0.000000250. The Morgan fingerprint density at radius 3 is 1.18 bits per heavy atom. The van der Waals surface area contributed by atoms with Crippen LogP contribution in [0.1, 0.15) is 131 Å². The molecule has 2 atom stereocenters. The second kappa shape index (κ2) is 37.1. The van der Waals surface area contributed by atoms with Crippen LogP contribution >= 0.6 is 0 Å². The molecule has 490 valence electrons. The Morgan fingerprint density at radius 2 is 0.769 bits per heavy atom. The van der Waals surface area contributed by atoms with E-state index in [1.807, 2.05) is 116 Å². The zero-order chi connectivity index (χ0) is 66.7. The number of aryl methyl sites for hydroxylation is 1. The molecular formula is C76H99N3O12. The summed E-state index contributed by atoms with van der Waals surface area (Å²) < 4.78 is 34.5. The smallest absolute Gasteiger partial charge is 0.341 e. The fourth-order valence-corrected chi connectivity index (χ4v) is 9.88. The Kier molecular flexibility index (Phi) is 29.9. The van der Waals surface area contributed by atoms with Crippen LogP contribution < -0.4 is 28.4 Å². The van der Waals surface area contributed by atoms with Gasteiger partial charge in [-0.1, -0.05) is 122 Å². The predicted octanol–water partition coefficient (Wildman–Crippen LogP) is 15.4. The van der Waals surface area contributed by atoms with E-state index in [2.05, 4.69) is 143 Å². The number of hydrogen-bond donors (Lipinski definition) is 3. The van der Waals surface area contributed by atoms with E-state index in [0.29, 0.717) is 61.2 Å². The van der Waals surface area contributed by atoms with Crippen molar-refractivity contribution in [2.24, 2.45) is 0 Å². The van der Waals surface area contributed by atoms with Crippen LogP contribution in [0.4, 0.5) is 0 Å². The van der Waals surface area contributed by atoms with E-state index >= 15 is 0 Å². The average Bonchev–Trinajstić information content (AvgIpc) is 0.898. The van der Waals surface area contributed by atoms with Crippen LogP contribution in [-0.4, -0.2) is 149 Å². The summed E-state index contributed by atoms with van der Waals surface area (Å²) in [4.78, 5) is 38.9. The van der Waals surface area contributed by atoms with Crippen LogP contribution in [0.2, 0.25) is 0 Å². The monoisotopic (exact) mass is 1250 g/mol. The van der Waals surface area contributed by atoms with Gasteiger partial charge in [-0.05, 0) is 231 Å². The van der Waals surface area contributed by atoms with Gasteiger partial charge in [0.25, 0.3) is 0 Å². The van der Waals surface area contributed by atoms with E-state index in [1.54, 1.807) is 0 Å². The summed E-state index contributed by atoms with van der Waals surface area (Å²) in [6, 6.07) is 46.7. The molecule has 7 rings (SSSR count). The lowest BCUT2D eigenvalue weighted by Crippen LogP contribution is -2.19. The number of carbonyl (C=O) groups is 3. The first-order valence-electron chi connectivity index (χ1n) is 31.6. The number of carboxylic acid groups (broad SMARTS) is 3. The van der Waals surface area contributed by atoms with Gasteiger partial charge < -0.3 is 58.4 Å². The molecule has 0 aromatic heterocycles. The fraction of sp³-hybridized carbons (Fsp3) is 0.408. The van der Waals surface area contributed by atoms with Gasteiger partial charge in [-0.15, -0.1) is 0 Å². The highest BCUT2D eigenvalue weighted by Crippen LogP contribution is 2.39. The number of benzene rings is 7. The summed E-state index contributed by atoms with van der Waals surface area (Å²) in [5.41, 5.74) is 14.3. The molecule has 0 amide bonds. The van der Waals surface area contributed by atoms with Crippen LogP contribution in [0.3, 0.4) is 0 Å². The number of rotatable bonds is 32. The largest absolute Gasteiger partial charge is 0.492 e. The highest BCUT2D eigenvalue weighted by Gasteiger charge is 2.19. The molecule has 0 heterocycles. The maximum absolute atomic E-state index is 11.1. The van der Waals surface area contributed by atoms with E-state index < -0.39 is 17.9 Å². The summed E-state index contributed by atoms with van der Waals surface area (Å²) in [7, 11) is 12.2. The molecule has 7 aromatic rings. The van der Waals surface area contributed by atoms with Gasteiger partial charge in [-0.3, -0.25) is 0 Å². The number of aliphatic carboxylic acids is 3. The molecule has 91 heavy (non-hydrogen) atoms. The van der Waals surface area contributed by atoms with Crippen molar-refractivity contribution in [1.82, 2.24) is 14.7 Å². The number of nitrogens with zero attached hydrogens (tertiary/aromatic N) is 3. The third-order valence-electron chi connectivity index (χ3n) is 15.5. The van der Waals surface area contributed by atoms with Gasteiger partial charge in [-0.25, -0.2) is 14.4 Å². The fourth-order valence-electron chi connectivity index (χ4n) is 9.88. The van der Waals surface area contributed by atoms with Crippen LogP contribution in [0, 0.1) is 6.92 Å². The zero-order valence-corrected chi connectivity index (χ0v) is 56.4. The van der Waals surface area contributed by atoms with Crippen molar-refractivity contribution in [2.45, 2.75) is 105 Å². The minimum absolute atomic E-state index is 0.270. The highest BCUT2D eigenvalue weighted by atomic mass is 16.5. The van der Waals surface area contributed by atoms with Gasteiger partial charge in [0, 0.05) is 26.1 Å². The van der Waals surface area contributed by atoms with E-state index in [1.165, 1.54) is 16.7 Å². The second-order valence-electron chi connectivity index (χ2n) is 24.4. The molecule has 0 bridgehead atoms. The summed E-state index contributed by atoms with van der Waals surface area (Å²) in [5.74, 6) is 2.98. The van der Waals surface area contributed by atoms with Crippen LogP contribution in [0.5, 0.6) is 34.5 Å². The molecule has 15 nitrogen and oxygen atoms in total. The summed E-state index contributed by atoms with van der Waals surface area (Å²) in [6.07, 6.45) is 2.63. The third kappa shape index (κ3) is 24.1. The lowest BCUT2D eigenvalue weighted by molar-refractivity contribution is -0.140. The second-order valence-corrected chi connectivity index (χ2v) is 24.4. The molecule has 15 heteroatoms. The van der Waals surface area contributed by atoms with Gasteiger partial charge >= 0.3 is 17.9 Å². The quantitative estimate of drug-likeness (QED) is 0.0363. The first-order chi connectivity index (χ1) is 43.4. The molecule has 2 unspecified atom stereocenters. The van der Waals surface area contributed by atoms with Crippen molar-refractivity contribution in [1.29, 1.82) is 0 Å². The van der Waals surface area contributed by atoms with Gasteiger partial charge in [0.2, 0.25) is 0 Å². The number of ether oxygens (including phenoxy) is 6. The minimum atomic E-state index is -0.988. The van der Waals surface area contributed by atoms with Crippen molar-refractivity contribution in [3.8, 4) is 67.9 Å². The van der Waals surface area contributed by atoms with Gasteiger partial charge in [0.1, 0.15) is 54.3 Å². The van der Waals surface area contributed by atoms with Crippen LogP contribution in [0.25, 0.3) is 33.4 Å². The Morgan fingerprint density at radius 1 is 0.407 bits per heavy atom. The molecule has 0 fully saturated rings. The minimum Gasteiger partial charge on any atom is -0.492 e. The van der Waals surface area contributed by atoms with E-state index in [-0.39, 0.29) is 25.7 Å². The summed E-state index contributed by atoms with van der Waals surface area (Å²) >= 11 is 0. The first kappa shape index (κ1) is 73.4. The normalized spacial score (nSPS) is 11.8. The SMILES string of the molecule is CCC(C)c1cc(-c2ccc(OCC(=O)O)c(Cc3ccccc3)c2)ccc1OCCN(C)C.CCC(C)c1cc(-c2ccc(OCCN(C)C)c(C(C)C)c2)ccc1OCC(=O)O.Cc1cc(OCC(=O)O)ccc1-c1ccc(OCCN(C)C)c(C(C)C)c1. The molecule has 0 saturated carbocycles. The number of likely N-dealkylation sites (N-methyl/N-ethyl adjacent to an activating group) is 3. The van der Waals surface area contributed by atoms with E-state index in [4.69, 9.17) is 43.7 Å². The highest BCUT2D eigenvalue weighted by molar-refractivity contribution is 5.73. The van der Waals surface area contributed by atoms with Crippen molar-refractivity contribution in [3.63, 3.8) is 0 Å². The maximum atomic E-state index is 11.1. The molecule has 0 saturated heterocycles. The molecule has 0 spiro atoms. The van der Waals surface area contributed by atoms with Crippen molar-refractivity contribution in [3.05, 3.63) is 178 Å². The number of hydrogen-bond acceptors (Lipinski definition) is 12. The average molecular weight is 1250 g/mol. The van der Waals surface area contributed by atoms with Gasteiger partial charge in [0.15, 0.2) is 19.8 Å². The standard InChI is InChI=1S/C29H35NO4.C25H35NO4.C22H29NO4/c1-5-21(2)26-19-24(12-14-28(26)33-16-15-30(3)4)23-11-13-27(34-20-29(31)32)25(18-23)17-22-9-7-6-8-10-22;1-7-18(4)22-15-20(9-11-24(22)30-16-25(27)28)19-8-10-23(21(14-19)17(2)3)29-13-12-26(5)6;1-15(2)20-13-17(6-9-21(20)26-11-10-23(4)5)19-8-7-18(12-16(19)3)27-14-22(24)25/h6-14,18-19,21H,5,15-17,20H2,1-4H3,(H,31,32);8-11,14-15,17-18H,7,12-13,16H2,1-6H3,(H,27,28);6-9,12-13,15H,10-11,14H2,1-5H3,(H,24,25). The van der Waals surface area contributed by atoms with Gasteiger partial charge in [0.05, 0.1) is 0 Å². The predicted molar refractivity (Wildman–Crippen MR) is 367 cm³/mol. The van der Waals surface area contributed by atoms with E-state index in [0.717, 1.165) is 105 Å². The Labute approximate surface area is 541 Å². The van der Waals surface area contributed by atoms with Crippen molar-refractivity contribution < 1.29 is 58.1 Å². The molecule has 0 radical (unpaired) electrons. The van der Waals surface area contributed by atoms with Crippen LogP contribution in [-0.2, 0) is 20.8 Å². The van der Waals surface area contributed by atoms with Crippen molar-refractivity contribution >= 4 is 17.9 Å². The van der Waals surface area contributed by atoms with Crippen molar-refractivity contribution in [2.75, 3.05) is 102 Å². The zero-order valence-electron chi connectivity index (χ0n) is 56.4. The third-order valence-corrected chi connectivity index (χ3v) is 15.5. The van der Waals surface area contributed by atoms with Crippen LogP contribution in [0.15, 0.2) is 140 Å². The lowest BCUT2D eigenvalue weighted by Gasteiger charge is -2.19. The topological polar surface area (TPSA) is 177 Å². The number of carboxylic acids is 3. The van der Waals surface area contributed by atoms with Gasteiger partial charge in [-0.2, -0.15) is 0 Å². The molecule has 0 aliphatic heterocycles. The molecule has 3 N–H and O–H groups in total. The molecule has 0 aliphatic carbocycles. The lowest BCUT2D eigenvalue weighted by atomic mass is 9.92. The summed E-state index contributed by atoms with van der Waals surface area (Å²) in [5, 5.41) is 26.8. The summed E-state index contributed by atoms with van der Waals surface area (Å²) in [6.45, 7) is 22.9. The Hall–Kier alpha value is -8.37. The molecule has 7 aromatic carbocycles. The maximum Gasteiger partial charge on any atom is 0.341 e.